The number of benzene rings is 4. The molecule has 1 heterocycles. The number of ketones is 1. The van der Waals surface area contributed by atoms with Gasteiger partial charge in [0.25, 0.3) is 11.4 Å². The Morgan fingerprint density at radius 3 is 1.30 bits per heavy atom. The van der Waals surface area contributed by atoms with Gasteiger partial charge in [-0.15, -0.1) is 0 Å². The highest BCUT2D eigenvalue weighted by Gasteiger charge is 2.46. The lowest BCUT2D eigenvalue weighted by atomic mass is 9.70. The van der Waals surface area contributed by atoms with E-state index in [0.717, 1.165) is 11.1 Å². The molecule has 5 rings (SSSR count). The molecule has 0 saturated carbocycles. The Bertz CT molecular complexity index is 1350. The van der Waals surface area contributed by atoms with Crippen molar-refractivity contribution in [2.24, 2.45) is 0 Å². The van der Waals surface area contributed by atoms with E-state index >= 15 is 0 Å². The highest BCUT2D eigenvalue weighted by molar-refractivity contribution is 5.94. The van der Waals surface area contributed by atoms with Crippen molar-refractivity contribution in [1.82, 2.24) is 5.32 Å². The first-order valence-electron chi connectivity index (χ1n) is 11.8. The summed E-state index contributed by atoms with van der Waals surface area (Å²) in [5.41, 5.74) is 2.62. The maximum absolute atomic E-state index is 14.4. The van der Waals surface area contributed by atoms with Gasteiger partial charge in [0.15, 0.2) is 5.78 Å². The molecule has 4 aromatic rings. The molecule has 0 aliphatic carbocycles. The Hall–Kier alpha value is -4.69. The van der Waals surface area contributed by atoms with Gasteiger partial charge in [0.1, 0.15) is 0 Å². The van der Waals surface area contributed by atoms with Crippen molar-refractivity contribution in [2.45, 2.75) is 23.9 Å². The van der Waals surface area contributed by atoms with Gasteiger partial charge < -0.3 is 5.32 Å². The molecule has 37 heavy (non-hydrogen) atoms. The molecule has 8 nitrogen and oxygen atoms in total. The lowest BCUT2D eigenvalue weighted by Gasteiger charge is -2.42. The van der Waals surface area contributed by atoms with Gasteiger partial charge in [0.05, 0.1) is 21.7 Å². The minimum Gasteiger partial charge on any atom is -0.301 e. The molecule has 1 saturated heterocycles. The van der Waals surface area contributed by atoms with Crippen LogP contribution in [-0.2, 0) is 4.79 Å². The second-order valence-electron chi connectivity index (χ2n) is 9.01. The molecular formula is C29H23N3O5. The van der Waals surface area contributed by atoms with E-state index in [2.05, 4.69) is 5.32 Å². The molecule has 1 N–H and O–H groups in total. The maximum atomic E-state index is 14.4. The molecule has 0 amide bonds. The lowest BCUT2D eigenvalue weighted by Crippen LogP contribution is -2.46. The molecule has 1 fully saturated rings. The summed E-state index contributed by atoms with van der Waals surface area (Å²) in [5.74, 6) is -1.34. The number of hydrogen-bond acceptors (Lipinski definition) is 6. The van der Waals surface area contributed by atoms with Crippen LogP contribution in [0.4, 0.5) is 11.4 Å². The minimum absolute atomic E-state index is 0.0656. The smallest absolute Gasteiger partial charge is 0.269 e. The van der Waals surface area contributed by atoms with Crippen LogP contribution < -0.4 is 5.32 Å². The fourth-order valence-electron chi connectivity index (χ4n) is 5.18. The summed E-state index contributed by atoms with van der Waals surface area (Å²) in [6, 6.07) is 30.0. The second-order valence-corrected chi connectivity index (χ2v) is 9.01. The van der Waals surface area contributed by atoms with E-state index in [1.54, 1.807) is 24.3 Å². The molecule has 4 unspecified atom stereocenters. The molecule has 1 aliphatic rings. The summed E-state index contributed by atoms with van der Waals surface area (Å²) in [6.45, 7) is 0. The van der Waals surface area contributed by atoms with Crippen molar-refractivity contribution < 1.29 is 14.6 Å². The molecule has 0 aromatic heterocycles. The number of hydrogen-bond donors (Lipinski definition) is 1. The number of carbonyl (C=O) groups is 1. The van der Waals surface area contributed by atoms with Gasteiger partial charge in [0, 0.05) is 36.3 Å². The van der Waals surface area contributed by atoms with Crippen LogP contribution in [-0.4, -0.2) is 15.6 Å². The SMILES string of the molecule is O=C1C(c2ccccc2)C(c2cccc([N+](=O)[O-])c2)NC(c2cccc([N+](=O)[O-])c2)C1c1ccccc1. The minimum atomic E-state index is -0.636. The molecule has 0 radical (unpaired) electrons. The average molecular weight is 494 g/mol. The lowest BCUT2D eigenvalue weighted by molar-refractivity contribution is -0.385. The predicted octanol–water partition coefficient (Wildman–Crippen LogP) is 6.03. The average Bonchev–Trinajstić information content (AvgIpc) is 2.93. The molecule has 184 valence electrons. The van der Waals surface area contributed by atoms with Gasteiger partial charge in [-0.05, 0) is 22.3 Å². The fraction of sp³-hybridized carbons (Fsp3) is 0.138. The van der Waals surface area contributed by atoms with Gasteiger partial charge in [-0.3, -0.25) is 25.0 Å². The van der Waals surface area contributed by atoms with Crippen molar-refractivity contribution >= 4 is 17.2 Å². The van der Waals surface area contributed by atoms with Crippen LogP contribution in [0.15, 0.2) is 109 Å². The Labute approximate surface area is 212 Å². The zero-order valence-corrected chi connectivity index (χ0v) is 19.6. The highest BCUT2D eigenvalue weighted by atomic mass is 16.6. The first kappa shape index (κ1) is 24.0. The van der Waals surface area contributed by atoms with Crippen molar-refractivity contribution in [3.8, 4) is 0 Å². The molecular weight excluding hydrogens is 470 g/mol. The Balaban J connectivity index is 1.70. The van der Waals surface area contributed by atoms with Crippen molar-refractivity contribution in [2.75, 3.05) is 0 Å². The van der Waals surface area contributed by atoms with E-state index in [1.807, 2.05) is 60.7 Å². The zero-order chi connectivity index (χ0) is 25.9. The van der Waals surface area contributed by atoms with Crippen LogP contribution in [0.25, 0.3) is 0 Å². The largest absolute Gasteiger partial charge is 0.301 e. The first-order chi connectivity index (χ1) is 17.9. The molecule has 1 aliphatic heterocycles. The highest BCUT2D eigenvalue weighted by Crippen LogP contribution is 2.47. The first-order valence-corrected chi connectivity index (χ1v) is 11.8. The van der Waals surface area contributed by atoms with E-state index in [-0.39, 0.29) is 17.2 Å². The molecule has 4 aromatic carbocycles. The topological polar surface area (TPSA) is 115 Å². The third kappa shape index (κ3) is 4.74. The van der Waals surface area contributed by atoms with Crippen LogP contribution in [0.5, 0.6) is 0 Å². The second kappa shape index (κ2) is 10.1. The number of nitrogens with one attached hydrogen (secondary N) is 1. The molecule has 0 bridgehead atoms. The standard InChI is InChI=1S/C29H23N3O5/c33-29-25(19-9-3-1-4-10-19)27(21-13-7-15-23(17-21)31(34)35)30-28(26(29)20-11-5-2-6-12-20)22-14-8-16-24(18-22)32(36)37/h1-18,25-28,30H. The van der Waals surface area contributed by atoms with E-state index in [0.29, 0.717) is 11.1 Å². The summed E-state index contributed by atoms with van der Waals surface area (Å²) in [5, 5.41) is 26.6. The van der Waals surface area contributed by atoms with Gasteiger partial charge in [-0.1, -0.05) is 84.9 Å². The van der Waals surface area contributed by atoms with E-state index in [9.17, 15) is 25.0 Å². The number of nitro benzene ring substituents is 2. The third-order valence-electron chi connectivity index (χ3n) is 6.84. The summed E-state index contributed by atoms with van der Waals surface area (Å²) < 4.78 is 0. The molecule has 0 spiro atoms. The van der Waals surface area contributed by atoms with E-state index in [4.69, 9.17) is 0 Å². The number of nitrogens with zero attached hydrogens (tertiary/aromatic N) is 2. The summed E-state index contributed by atoms with van der Waals surface area (Å²) in [4.78, 5) is 36.6. The van der Waals surface area contributed by atoms with Gasteiger partial charge in [-0.25, -0.2) is 0 Å². The third-order valence-corrected chi connectivity index (χ3v) is 6.84. The van der Waals surface area contributed by atoms with Crippen LogP contribution in [0.3, 0.4) is 0 Å². The summed E-state index contributed by atoms with van der Waals surface area (Å²) in [6.07, 6.45) is 0. The number of piperidine rings is 1. The van der Waals surface area contributed by atoms with Crippen molar-refractivity contribution in [3.63, 3.8) is 0 Å². The fourth-order valence-corrected chi connectivity index (χ4v) is 5.18. The van der Waals surface area contributed by atoms with Crippen LogP contribution >= 0.6 is 0 Å². The van der Waals surface area contributed by atoms with Gasteiger partial charge in [-0.2, -0.15) is 0 Å². The van der Waals surface area contributed by atoms with Gasteiger partial charge in [0.2, 0.25) is 0 Å². The zero-order valence-electron chi connectivity index (χ0n) is 19.6. The maximum Gasteiger partial charge on any atom is 0.269 e. The van der Waals surface area contributed by atoms with E-state index in [1.165, 1.54) is 24.3 Å². The van der Waals surface area contributed by atoms with Gasteiger partial charge >= 0.3 is 0 Å². The van der Waals surface area contributed by atoms with Crippen LogP contribution in [0.1, 0.15) is 46.2 Å². The summed E-state index contributed by atoms with van der Waals surface area (Å²) in [7, 11) is 0. The molecule has 8 heteroatoms. The normalized spacial score (nSPS) is 21.4. The van der Waals surface area contributed by atoms with Crippen molar-refractivity contribution in [3.05, 3.63) is 152 Å². The quantitative estimate of drug-likeness (QED) is 0.259. The number of carbonyl (C=O) groups excluding carboxylic acids is 1. The number of nitro groups is 2. The number of Topliss-reactive ketones (excluding diaryl/α,β-unsaturated/α-hetero) is 1. The predicted molar refractivity (Wildman–Crippen MR) is 138 cm³/mol. The van der Waals surface area contributed by atoms with Crippen LogP contribution in [0, 0.1) is 20.2 Å². The summed E-state index contributed by atoms with van der Waals surface area (Å²) >= 11 is 0. The van der Waals surface area contributed by atoms with Crippen LogP contribution in [0.2, 0.25) is 0 Å². The van der Waals surface area contributed by atoms with Crippen molar-refractivity contribution in [1.29, 1.82) is 0 Å². The van der Waals surface area contributed by atoms with E-state index < -0.39 is 33.8 Å². The molecule has 4 atom stereocenters. The number of rotatable bonds is 6. The Morgan fingerprint density at radius 2 is 0.919 bits per heavy atom. The monoisotopic (exact) mass is 493 g/mol. The number of non-ortho nitro benzene ring substituents is 2. The Kier molecular flexibility index (Phi) is 6.57. The Morgan fingerprint density at radius 1 is 0.541 bits per heavy atom.